The van der Waals surface area contributed by atoms with Crippen LogP contribution in [-0.2, 0) is 10.8 Å². The van der Waals surface area contributed by atoms with Gasteiger partial charge in [0.2, 0.25) is 0 Å². The quantitative estimate of drug-likeness (QED) is 0.183. The summed E-state index contributed by atoms with van der Waals surface area (Å²) in [7, 11) is 0. The topological polar surface area (TPSA) is 38.7 Å². The second kappa shape index (κ2) is 12.4. The van der Waals surface area contributed by atoms with Crippen molar-refractivity contribution in [2.24, 2.45) is 0 Å². The molecular formula is C49H41N3. The van der Waals surface area contributed by atoms with E-state index in [4.69, 9.17) is 15.0 Å². The lowest BCUT2D eigenvalue weighted by Crippen LogP contribution is -2.33. The summed E-state index contributed by atoms with van der Waals surface area (Å²) in [5, 5.41) is 4.82. The number of hydrogen-bond donors (Lipinski definition) is 0. The predicted octanol–water partition coefficient (Wildman–Crippen LogP) is 12.9. The number of aromatic nitrogens is 3. The third-order valence-electron chi connectivity index (χ3n) is 11.2. The van der Waals surface area contributed by atoms with Gasteiger partial charge in [-0.2, -0.15) is 0 Å². The van der Waals surface area contributed by atoms with E-state index < -0.39 is 0 Å². The van der Waals surface area contributed by atoms with Crippen molar-refractivity contribution in [3.05, 3.63) is 163 Å². The van der Waals surface area contributed by atoms with E-state index in [-0.39, 0.29) is 10.8 Å². The molecule has 0 amide bonds. The van der Waals surface area contributed by atoms with E-state index in [1.54, 1.807) is 0 Å². The standard InChI is InChI=1S/C49H41N3/c1-48(2)27-28-49(3,4)44-31-41(25-26-43(44)48)35-15-21-37(22-16-35)46-50-45(51-47(52-46)42-24-18-33-10-6-8-12-39(33)30-42)36-19-13-34(14-20-36)40-23-17-32-9-5-7-11-38(32)29-40/h5-26,29-31H,27-28H2,1-4H3. The normalized spacial score (nSPS) is 14.7. The molecule has 1 heterocycles. The fraction of sp³-hybridized carbons (Fsp3) is 0.163. The molecule has 9 rings (SSSR count). The third-order valence-corrected chi connectivity index (χ3v) is 11.2. The van der Waals surface area contributed by atoms with E-state index in [1.165, 1.54) is 56.8 Å². The molecular weight excluding hydrogens is 631 g/mol. The van der Waals surface area contributed by atoms with E-state index in [0.29, 0.717) is 17.5 Å². The van der Waals surface area contributed by atoms with Crippen molar-refractivity contribution in [2.75, 3.05) is 0 Å². The molecule has 1 aromatic heterocycles. The minimum absolute atomic E-state index is 0.162. The van der Waals surface area contributed by atoms with E-state index in [9.17, 15) is 0 Å². The molecule has 0 aliphatic heterocycles. The first-order chi connectivity index (χ1) is 25.2. The third kappa shape index (κ3) is 5.86. The number of hydrogen-bond acceptors (Lipinski definition) is 3. The number of benzene rings is 7. The Labute approximate surface area is 306 Å². The van der Waals surface area contributed by atoms with Gasteiger partial charge in [0.05, 0.1) is 0 Å². The van der Waals surface area contributed by atoms with Crippen LogP contribution in [0.5, 0.6) is 0 Å². The summed E-state index contributed by atoms with van der Waals surface area (Å²) in [6.45, 7) is 9.53. The van der Waals surface area contributed by atoms with Crippen LogP contribution in [0, 0.1) is 0 Å². The first kappa shape index (κ1) is 32.0. The van der Waals surface area contributed by atoms with Crippen LogP contribution in [0.3, 0.4) is 0 Å². The van der Waals surface area contributed by atoms with Crippen molar-refractivity contribution in [2.45, 2.75) is 51.4 Å². The van der Waals surface area contributed by atoms with E-state index in [0.717, 1.165) is 27.6 Å². The van der Waals surface area contributed by atoms with Gasteiger partial charge >= 0.3 is 0 Å². The van der Waals surface area contributed by atoms with Gasteiger partial charge < -0.3 is 0 Å². The monoisotopic (exact) mass is 671 g/mol. The maximum atomic E-state index is 5.08. The van der Waals surface area contributed by atoms with Gasteiger partial charge in [0.15, 0.2) is 17.5 Å². The van der Waals surface area contributed by atoms with Crippen LogP contribution in [0.15, 0.2) is 152 Å². The summed E-state index contributed by atoms with van der Waals surface area (Å²) in [4.78, 5) is 15.2. The number of nitrogens with zero attached hydrogens (tertiary/aromatic N) is 3. The van der Waals surface area contributed by atoms with Crippen LogP contribution < -0.4 is 0 Å². The second-order valence-corrected chi connectivity index (χ2v) is 15.6. The molecule has 8 aromatic rings. The first-order valence-electron chi connectivity index (χ1n) is 18.3. The summed E-state index contributed by atoms with van der Waals surface area (Å²) >= 11 is 0. The summed E-state index contributed by atoms with van der Waals surface area (Å²) in [6.07, 6.45) is 2.41. The van der Waals surface area contributed by atoms with E-state index >= 15 is 0 Å². The fourth-order valence-electron chi connectivity index (χ4n) is 7.85. The Morgan fingerprint density at radius 2 is 0.692 bits per heavy atom. The molecule has 0 N–H and O–H groups in total. The molecule has 0 bridgehead atoms. The van der Waals surface area contributed by atoms with Gasteiger partial charge in [-0.15, -0.1) is 0 Å². The zero-order valence-corrected chi connectivity index (χ0v) is 30.2. The van der Waals surface area contributed by atoms with Crippen molar-refractivity contribution in [3.8, 4) is 56.4 Å². The largest absolute Gasteiger partial charge is 0.208 e. The maximum Gasteiger partial charge on any atom is 0.164 e. The Morgan fingerprint density at radius 3 is 1.23 bits per heavy atom. The minimum Gasteiger partial charge on any atom is -0.208 e. The lowest BCUT2D eigenvalue weighted by atomic mass is 9.63. The average Bonchev–Trinajstić information content (AvgIpc) is 3.19. The van der Waals surface area contributed by atoms with Crippen molar-refractivity contribution >= 4 is 21.5 Å². The van der Waals surface area contributed by atoms with Crippen LogP contribution in [-0.4, -0.2) is 15.0 Å². The number of fused-ring (bicyclic) bond motifs is 3. The van der Waals surface area contributed by atoms with Gasteiger partial charge in [-0.3, -0.25) is 0 Å². The Balaban J connectivity index is 1.10. The highest BCUT2D eigenvalue weighted by Gasteiger charge is 2.37. The Morgan fingerprint density at radius 1 is 0.327 bits per heavy atom. The summed E-state index contributed by atoms with van der Waals surface area (Å²) in [5.74, 6) is 1.97. The summed E-state index contributed by atoms with van der Waals surface area (Å²) < 4.78 is 0. The van der Waals surface area contributed by atoms with Crippen LogP contribution in [0.25, 0.3) is 78.0 Å². The molecule has 0 radical (unpaired) electrons. The van der Waals surface area contributed by atoms with E-state index in [2.05, 4.69) is 179 Å². The summed E-state index contributed by atoms with van der Waals surface area (Å²) in [6, 6.07) is 54.3. The molecule has 3 nitrogen and oxygen atoms in total. The maximum absolute atomic E-state index is 5.08. The first-order valence-corrected chi connectivity index (χ1v) is 18.3. The van der Waals surface area contributed by atoms with Crippen LogP contribution in [0.2, 0.25) is 0 Å². The van der Waals surface area contributed by atoms with Crippen molar-refractivity contribution in [1.29, 1.82) is 0 Å². The Kier molecular flexibility index (Phi) is 7.62. The fourth-order valence-corrected chi connectivity index (χ4v) is 7.85. The predicted molar refractivity (Wildman–Crippen MR) is 217 cm³/mol. The lowest BCUT2D eigenvalue weighted by molar-refractivity contribution is 0.332. The zero-order chi connectivity index (χ0) is 35.5. The molecule has 1 aliphatic carbocycles. The highest BCUT2D eigenvalue weighted by molar-refractivity contribution is 5.88. The van der Waals surface area contributed by atoms with Crippen molar-refractivity contribution in [3.63, 3.8) is 0 Å². The molecule has 7 aromatic carbocycles. The molecule has 3 heteroatoms. The van der Waals surface area contributed by atoms with E-state index in [1.807, 2.05) is 0 Å². The average molecular weight is 672 g/mol. The Hall–Kier alpha value is -5.93. The molecule has 252 valence electrons. The zero-order valence-electron chi connectivity index (χ0n) is 30.2. The van der Waals surface area contributed by atoms with Crippen molar-refractivity contribution < 1.29 is 0 Å². The van der Waals surface area contributed by atoms with Gasteiger partial charge in [0, 0.05) is 16.7 Å². The highest BCUT2D eigenvalue weighted by Crippen LogP contribution is 2.47. The van der Waals surface area contributed by atoms with Crippen molar-refractivity contribution in [1.82, 2.24) is 15.0 Å². The molecule has 0 saturated heterocycles. The highest BCUT2D eigenvalue weighted by atomic mass is 15.0. The van der Waals surface area contributed by atoms with Crippen LogP contribution in [0.1, 0.15) is 51.7 Å². The van der Waals surface area contributed by atoms with Gasteiger partial charge in [-0.25, -0.2) is 15.0 Å². The molecule has 52 heavy (non-hydrogen) atoms. The minimum atomic E-state index is 0.162. The van der Waals surface area contributed by atoms with Crippen LogP contribution >= 0.6 is 0 Å². The number of rotatable bonds is 5. The molecule has 0 unspecified atom stereocenters. The molecule has 0 atom stereocenters. The molecule has 0 saturated carbocycles. The smallest absolute Gasteiger partial charge is 0.164 e. The Bertz CT molecular complexity index is 2610. The lowest BCUT2D eigenvalue weighted by Gasteiger charge is -2.42. The molecule has 1 aliphatic rings. The van der Waals surface area contributed by atoms with Gasteiger partial charge in [0.1, 0.15) is 0 Å². The van der Waals surface area contributed by atoms with Gasteiger partial charge in [-0.1, -0.05) is 167 Å². The van der Waals surface area contributed by atoms with Gasteiger partial charge in [-0.05, 0) is 90.7 Å². The second-order valence-electron chi connectivity index (χ2n) is 15.6. The molecule has 0 fully saturated rings. The van der Waals surface area contributed by atoms with Gasteiger partial charge in [0.25, 0.3) is 0 Å². The van der Waals surface area contributed by atoms with Crippen LogP contribution in [0.4, 0.5) is 0 Å². The molecule has 0 spiro atoms. The SMILES string of the molecule is CC1(C)CCC(C)(C)c2cc(-c3ccc(-c4nc(-c5ccc(-c6ccc7ccccc7c6)cc5)nc(-c5ccc6ccccc6c5)n4)cc3)ccc21. The summed E-state index contributed by atoms with van der Waals surface area (Å²) in [5.41, 5.74) is 11.0.